The van der Waals surface area contributed by atoms with Crippen LogP contribution in [-0.4, -0.2) is 54.5 Å². The van der Waals surface area contributed by atoms with Crippen LogP contribution in [-0.2, 0) is 14.8 Å². The second-order valence-corrected chi connectivity index (χ2v) is 8.47. The highest BCUT2D eigenvalue weighted by Gasteiger charge is 2.33. The Balaban J connectivity index is 5.12. The average Bonchev–Trinajstić information content (AvgIpc) is 2.07. The lowest BCUT2D eigenvalue weighted by molar-refractivity contribution is -0.135. The molecule has 0 bridgehead atoms. The molecule has 0 aromatic rings. The van der Waals surface area contributed by atoms with E-state index >= 15 is 0 Å². The van der Waals surface area contributed by atoms with Gasteiger partial charge in [-0.15, -0.1) is 0 Å². The number of nitrogens with zero attached hydrogens (tertiary/aromatic N) is 2. The number of likely N-dealkylation sites (N-methyl/N-ethyl adjacent to an activating group) is 1. The number of hydrogen-bond donors (Lipinski definition) is 0. The van der Waals surface area contributed by atoms with Crippen molar-refractivity contribution in [1.82, 2.24) is 9.21 Å². The maximum atomic E-state index is 12.1. The first kappa shape index (κ1) is 17.4. The lowest BCUT2D eigenvalue weighted by Gasteiger charge is -2.37. The molecule has 0 N–H and O–H groups in total. The highest BCUT2D eigenvalue weighted by Crippen LogP contribution is 2.19. The molecule has 0 spiro atoms. The van der Waals surface area contributed by atoms with Crippen molar-refractivity contribution in [3.05, 3.63) is 0 Å². The van der Waals surface area contributed by atoms with Gasteiger partial charge in [0.05, 0.1) is 12.8 Å². The maximum Gasteiger partial charge on any atom is 0.238 e. The third-order valence-corrected chi connectivity index (χ3v) is 4.29. The average molecular weight is 278 g/mol. The van der Waals surface area contributed by atoms with E-state index in [1.165, 1.54) is 4.31 Å². The molecule has 0 aliphatic heterocycles. The molecule has 0 aromatic carbocycles. The molecule has 1 amide bonds. The zero-order chi connectivity index (χ0) is 14.9. The van der Waals surface area contributed by atoms with E-state index in [9.17, 15) is 13.2 Å². The van der Waals surface area contributed by atoms with Gasteiger partial charge < -0.3 is 4.90 Å². The summed E-state index contributed by atoms with van der Waals surface area (Å²) >= 11 is 0. The van der Waals surface area contributed by atoms with Crippen LogP contribution in [0.15, 0.2) is 0 Å². The van der Waals surface area contributed by atoms with Gasteiger partial charge in [-0.2, -0.15) is 4.31 Å². The quantitative estimate of drug-likeness (QED) is 0.782. The molecule has 0 atom stereocenters. The molecule has 0 aliphatic rings. The number of carbonyl (C=O) groups excluding carboxylic acids is 1. The predicted octanol–water partition coefficient (Wildman–Crippen LogP) is 1.30. The van der Waals surface area contributed by atoms with Crippen LogP contribution in [0.25, 0.3) is 0 Å². The molecule has 0 heterocycles. The number of hydrogen-bond acceptors (Lipinski definition) is 3. The van der Waals surface area contributed by atoms with Crippen LogP contribution in [0.2, 0.25) is 0 Å². The molecular weight excluding hydrogens is 252 g/mol. The molecule has 0 saturated carbocycles. The molecule has 18 heavy (non-hydrogen) atoms. The van der Waals surface area contributed by atoms with Crippen LogP contribution in [0.3, 0.4) is 0 Å². The summed E-state index contributed by atoms with van der Waals surface area (Å²) in [5.41, 5.74) is -0.930. The Morgan fingerprint density at radius 2 is 1.39 bits per heavy atom. The lowest BCUT2D eigenvalue weighted by atomic mass is 10.1. The molecular formula is C12H26N2O3S. The summed E-state index contributed by atoms with van der Waals surface area (Å²) in [6.07, 6.45) is 1.13. The highest BCUT2D eigenvalue weighted by molar-refractivity contribution is 7.88. The Labute approximate surface area is 111 Å². The summed E-state index contributed by atoms with van der Waals surface area (Å²) in [7, 11) is -1.72. The van der Waals surface area contributed by atoms with Gasteiger partial charge in [-0.25, -0.2) is 8.42 Å². The van der Waals surface area contributed by atoms with Gasteiger partial charge in [0.15, 0.2) is 0 Å². The van der Waals surface area contributed by atoms with Gasteiger partial charge in [0.2, 0.25) is 15.9 Å². The Morgan fingerprint density at radius 1 is 1.00 bits per heavy atom. The molecule has 0 radical (unpaired) electrons. The van der Waals surface area contributed by atoms with Gasteiger partial charge in [-0.1, -0.05) is 0 Å². The Morgan fingerprint density at radius 3 is 1.61 bits per heavy atom. The minimum Gasteiger partial charge on any atom is -0.340 e. The molecule has 0 unspecified atom stereocenters. The zero-order valence-corrected chi connectivity index (χ0v) is 13.6. The summed E-state index contributed by atoms with van der Waals surface area (Å²) in [6, 6.07) is 0. The van der Waals surface area contributed by atoms with E-state index in [0.717, 1.165) is 6.26 Å². The van der Waals surface area contributed by atoms with E-state index in [1.54, 1.807) is 32.7 Å². The molecule has 0 saturated heterocycles. The van der Waals surface area contributed by atoms with Crippen molar-refractivity contribution in [1.29, 1.82) is 0 Å². The molecule has 0 rings (SSSR count). The summed E-state index contributed by atoms with van der Waals surface area (Å²) in [6.45, 7) is 10.9. The molecule has 0 fully saturated rings. The van der Waals surface area contributed by atoms with E-state index in [2.05, 4.69) is 0 Å². The normalized spacial score (nSPS) is 13.8. The number of carbonyl (C=O) groups is 1. The fraction of sp³-hybridized carbons (Fsp3) is 0.917. The van der Waals surface area contributed by atoms with Crippen molar-refractivity contribution in [3.63, 3.8) is 0 Å². The van der Waals surface area contributed by atoms with Gasteiger partial charge in [-0.05, 0) is 41.5 Å². The Kier molecular flexibility index (Phi) is 4.99. The van der Waals surface area contributed by atoms with E-state index in [-0.39, 0.29) is 18.0 Å². The first-order valence-electron chi connectivity index (χ1n) is 5.92. The zero-order valence-electron chi connectivity index (χ0n) is 12.7. The minimum atomic E-state index is -3.41. The monoisotopic (exact) mass is 278 g/mol. The van der Waals surface area contributed by atoms with Crippen molar-refractivity contribution < 1.29 is 13.2 Å². The van der Waals surface area contributed by atoms with Crippen molar-refractivity contribution in [2.24, 2.45) is 0 Å². The van der Waals surface area contributed by atoms with Gasteiger partial charge in [0.25, 0.3) is 0 Å². The van der Waals surface area contributed by atoms with Crippen molar-refractivity contribution >= 4 is 15.9 Å². The third kappa shape index (κ3) is 4.94. The van der Waals surface area contributed by atoms with Gasteiger partial charge in [-0.3, -0.25) is 4.79 Å². The van der Waals surface area contributed by atoms with Crippen molar-refractivity contribution in [2.45, 2.75) is 52.6 Å². The molecule has 0 aromatic heterocycles. The fourth-order valence-electron chi connectivity index (χ4n) is 1.45. The number of rotatable bonds is 3. The van der Waals surface area contributed by atoms with Gasteiger partial charge >= 0.3 is 0 Å². The van der Waals surface area contributed by atoms with Crippen LogP contribution in [0.1, 0.15) is 41.5 Å². The number of sulfonamides is 1. The first-order valence-corrected chi connectivity index (χ1v) is 7.76. The summed E-state index contributed by atoms with van der Waals surface area (Å²) in [4.78, 5) is 13.7. The van der Waals surface area contributed by atoms with Crippen LogP contribution >= 0.6 is 0 Å². The Bertz CT molecular complexity index is 402. The van der Waals surface area contributed by atoms with Gasteiger partial charge in [0.1, 0.15) is 0 Å². The second-order valence-electron chi connectivity index (χ2n) is 6.56. The maximum absolute atomic E-state index is 12.1. The van der Waals surface area contributed by atoms with Crippen LogP contribution in [0.4, 0.5) is 0 Å². The molecule has 108 valence electrons. The largest absolute Gasteiger partial charge is 0.340 e. The van der Waals surface area contributed by atoms with Crippen LogP contribution in [0.5, 0.6) is 0 Å². The molecule has 0 aliphatic carbocycles. The number of amides is 1. The molecule has 6 heteroatoms. The van der Waals surface area contributed by atoms with E-state index in [4.69, 9.17) is 0 Å². The SMILES string of the molecule is CN(C(=O)CN(C(C)(C)C)S(C)(=O)=O)C(C)(C)C. The summed E-state index contributed by atoms with van der Waals surface area (Å²) in [5.74, 6) is -0.206. The van der Waals surface area contributed by atoms with E-state index in [0.29, 0.717) is 0 Å². The standard InChI is InChI=1S/C12H26N2O3S/c1-11(2,3)13(7)10(15)9-14(12(4,5)6)18(8,16)17/h9H2,1-8H3. The van der Waals surface area contributed by atoms with E-state index < -0.39 is 15.6 Å². The minimum absolute atomic E-state index is 0.129. The lowest BCUT2D eigenvalue weighted by Crippen LogP contribution is -2.53. The van der Waals surface area contributed by atoms with Crippen molar-refractivity contribution in [3.8, 4) is 0 Å². The third-order valence-electron chi connectivity index (χ3n) is 2.81. The second kappa shape index (κ2) is 5.17. The van der Waals surface area contributed by atoms with E-state index in [1.807, 2.05) is 20.8 Å². The van der Waals surface area contributed by atoms with Gasteiger partial charge in [0, 0.05) is 18.1 Å². The first-order chi connectivity index (χ1) is 7.67. The summed E-state index contributed by atoms with van der Waals surface area (Å²) < 4.78 is 24.7. The topological polar surface area (TPSA) is 57.7 Å². The van der Waals surface area contributed by atoms with Crippen molar-refractivity contribution in [2.75, 3.05) is 19.8 Å². The predicted molar refractivity (Wildman–Crippen MR) is 73.8 cm³/mol. The highest BCUT2D eigenvalue weighted by atomic mass is 32.2. The van der Waals surface area contributed by atoms with Crippen LogP contribution in [0, 0.1) is 0 Å². The summed E-state index contributed by atoms with van der Waals surface area (Å²) in [5, 5.41) is 0. The smallest absolute Gasteiger partial charge is 0.238 e. The Hall–Kier alpha value is -0.620. The van der Waals surface area contributed by atoms with Crippen LogP contribution < -0.4 is 0 Å². The fourth-order valence-corrected chi connectivity index (χ4v) is 2.79. The molecule has 5 nitrogen and oxygen atoms in total.